The van der Waals surface area contributed by atoms with Crippen molar-refractivity contribution in [2.75, 3.05) is 35.3 Å². The highest BCUT2D eigenvalue weighted by Gasteiger charge is 2.32. The Bertz CT molecular complexity index is 1690. The number of hydrogen-bond acceptors (Lipinski definition) is 12. The van der Waals surface area contributed by atoms with E-state index in [0.29, 0.717) is 55.6 Å². The molecule has 1 unspecified atom stereocenters. The zero-order valence-electron chi connectivity index (χ0n) is 26.9. The standard InChI is InChI=1S/C34H39N11O3/c1-48-33-39-21-26(22-40-33)25-19-37-32(38-20-25)45(34(47)41-17-23-6-3-2-4-7-23)28-11-9-27(10-12-28)42-31-36-18-24(16-35)30(43-31)44-14-5-8-29(46)13-15-44/h2-4,6-7,18-22,27-29,46H,5,8-15,17H2,1H3,(H,41,47)(H,36,42,43)/t27-,28-,29?. The van der Waals surface area contributed by atoms with Crippen LogP contribution >= 0.6 is 0 Å². The Labute approximate surface area is 279 Å². The van der Waals surface area contributed by atoms with Crippen LogP contribution in [0.2, 0.25) is 0 Å². The van der Waals surface area contributed by atoms with Crippen molar-refractivity contribution >= 4 is 23.7 Å². The quantitative estimate of drug-likeness (QED) is 0.237. The van der Waals surface area contributed by atoms with Gasteiger partial charge in [-0.3, -0.25) is 4.90 Å². The molecule has 0 radical (unpaired) electrons. The molecule has 6 rings (SSSR count). The maximum Gasteiger partial charge on any atom is 0.324 e. The number of amides is 2. The minimum atomic E-state index is -0.332. The zero-order chi connectivity index (χ0) is 33.3. The number of anilines is 3. The van der Waals surface area contributed by atoms with E-state index in [0.717, 1.165) is 48.9 Å². The lowest BCUT2D eigenvalue weighted by atomic mass is 9.90. The van der Waals surface area contributed by atoms with Crippen LogP contribution in [0.3, 0.4) is 0 Å². The summed E-state index contributed by atoms with van der Waals surface area (Å²) in [6.07, 6.45) is 13.0. The number of nitrogens with one attached hydrogen (secondary N) is 2. The van der Waals surface area contributed by atoms with Gasteiger partial charge in [0.2, 0.25) is 11.9 Å². The van der Waals surface area contributed by atoms with Crippen molar-refractivity contribution in [3.8, 4) is 23.2 Å². The molecular formula is C34H39N11O3. The van der Waals surface area contributed by atoms with E-state index >= 15 is 0 Å². The van der Waals surface area contributed by atoms with E-state index in [1.807, 2.05) is 30.3 Å². The largest absolute Gasteiger partial charge is 0.467 e. The van der Waals surface area contributed by atoms with Gasteiger partial charge in [-0.15, -0.1) is 0 Å². The molecule has 1 saturated heterocycles. The molecular weight excluding hydrogens is 610 g/mol. The van der Waals surface area contributed by atoms with E-state index in [9.17, 15) is 15.2 Å². The van der Waals surface area contributed by atoms with Crippen molar-refractivity contribution in [2.24, 2.45) is 0 Å². The van der Waals surface area contributed by atoms with Gasteiger partial charge in [0, 0.05) is 67.6 Å². The van der Waals surface area contributed by atoms with Crippen molar-refractivity contribution < 1.29 is 14.6 Å². The van der Waals surface area contributed by atoms with Gasteiger partial charge in [0.1, 0.15) is 11.6 Å². The molecule has 1 atom stereocenters. The highest BCUT2D eigenvalue weighted by atomic mass is 16.5. The predicted octanol–water partition coefficient (Wildman–Crippen LogP) is 4.09. The fourth-order valence-electron chi connectivity index (χ4n) is 6.16. The van der Waals surface area contributed by atoms with Crippen LogP contribution in [0.5, 0.6) is 6.01 Å². The van der Waals surface area contributed by atoms with Gasteiger partial charge < -0.3 is 25.4 Å². The summed E-state index contributed by atoms with van der Waals surface area (Å²) >= 11 is 0. The predicted molar refractivity (Wildman–Crippen MR) is 179 cm³/mol. The summed E-state index contributed by atoms with van der Waals surface area (Å²) in [5.41, 5.74) is 2.86. The normalized spacial score (nSPS) is 19.4. The van der Waals surface area contributed by atoms with Crippen LogP contribution in [0, 0.1) is 11.3 Å². The molecule has 0 bridgehead atoms. The Hall–Kier alpha value is -5.42. The number of aliphatic hydroxyl groups is 1. The van der Waals surface area contributed by atoms with Gasteiger partial charge in [-0.1, -0.05) is 30.3 Å². The van der Waals surface area contributed by atoms with Gasteiger partial charge in [0.15, 0.2) is 5.82 Å². The summed E-state index contributed by atoms with van der Waals surface area (Å²) in [6.45, 7) is 1.74. The van der Waals surface area contributed by atoms with Crippen LogP contribution in [0.1, 0.15) is 56.1 Å². The number of nitriles is 1. The molecule has 4 heterocycles. The molecule has 3 N–H and O–H groups in total. The molecule has 0 spiro atoms. The zero-order valence-corrected chi connectivity index (χ0v) is 26.9. The summed E-state index contributed by atoms with van der Waals surface area (Å²) in [5, 5.41) is 26.3. The molecule has 4 aromatic rings. The SMILES string of the molecule is COc1ncc(-c2cnc(N(C(=O)NCc3ccccc3)[C@H]3CC[C@H](Nc4ncc(C#N)c(N5CCCC(O)CC5)n4)CC3)nc2)cn1. The topological polar surface area (TPSA) is 178 Å². The first kappa shape index (κ1) is 32.5. The average Bonchev–Trinajstić information content (AvgIpc) is 3.36. The van der Waals surface area contributed by atoms with E-state index in [-0.39, 0.29) is 30.2 Å². The summed E-state index contributed by atoms with van der Waals surface area (Å²) in [7, 11) is 1.51. The average molecular weight is 650 g/mol. The molecule has 1 aromatic carbocycles. The van der Waals surface area contributed by atoms with Gasteiger partial charge in [0.05, 0.1) is 19.4 Å². The third kappa shape index (κ3) is 7.92. The first-order chi connectivity index (χ1) is 23.5. The first-order valence-corrected chi connectivity index (χ1v) is 16.3. The highest BCUT2D eigenvalue weighted by Crippen LogP contribution is 2.29. The van der Waals surface area contributed by atoms with Crippen molar-refractivity contribution in [3.05, 3.63) is 72.4 Å². The number of aromatic nitrogens is 6. The Balaban J connectivity index is 1.15. The number of hydrogen-bond donors (Lipinski definition) is 3. The fraction of sp³-hybridized carbons (Fsp3) is 0.412. The molecule has 1 aliphatic heterocycles. The van der Waals surface area contributed by atoms with Crippen LogP contribution in [-0.2, 0) is 6.54 Å². The molecule has 2 aliphatic rings. The lowest BCUT2D eigenvalue weighted by Gasteiger charge is -2.36. The number of nitrogens with zero attached hydrogens (tertiary/aromatic N) is 9. The van der Waals surface area contributed by atoms with Crippen molar-refractivity contribution in [2.45, 2.75) is 69.7 Å². The fourth-order valence-corrected chi connectivity index (χ4v) is 6.16. The molecule has 2 amide bonds. The van der Waals surface area contributed by atoms with Crippen molar-refractivity contribution in [3.63, 3.8) is 0 Å². The molecule has 248 valence electrons. The van der Waals surface area contributed by atoms with Crippen LogP contribution in [0.4, 0.5) is 22.5 Å². The maximum atomic E-state index is 13.7. The number of rotatable bonds is 9. The summed E-state index contributed by atoms with van der Waals surface area (Å²) in [6, 6.07) is 11.9. The summed E-state index contributed by atoms with van der Waals surface area (Å²) in [4.78, 5) is 44.2. The highest BCUT2D eigenvalue weighted by molar-refractivity contribution is 5.90. The van der Waals surface area contributed by atoms with Crippen molar-refractivity contribution in [1.29, 1.82) is 5.26 Å². The smallest absolute Gasteiger partial charge is 0.324 e. The molecule has 14 nitrogen and oxygen atoms in total. The molecule has 14 heteroatoms. The summed E-state index contributed by atoms with van der Waals surface area (Å²) in [5.74, 6) is 1.38. The second kappa shape index (κ2) is 15.4. The van der Waals surface area contributed by atoms with Gasteiger partial charge in [-0.2, -0.15) is 10.2 Å². The van der Waals surface area contributed by atoms with Gasteiger partial charge >= 0.3 is 12.0 Å². The van der Waals surface area contributed by atoms with Gasteiger partial charge in [-0.25, -0.2) is 29.7 Å². The Morgan fingerprint density at radius 2 is 1.67 bits per heavy atom. The number of urea groups is 1. The van der Waals surface area contributed by atoms with Gasteiger partial charge in [-0.05, 0) is 50.5 Å². The third-order valence-corrected chi connectivity index (χ3v) is 8.78. The molecule has 3 aromatic heterocycles. The van der Waals surface area contributed by atoms with Crippen LogP contribution < -0.4 is 25.2 Å². The molecule has 1 saturated carbocycles. The minimum Gasteiger partial charge on any atom is -0.467 e. The van der Waals surface area contributed by atoms with Crippen LogP contribution in [0.25, 0.3) is 11.1 Å². The number of ether oxygens (including phenoxy) is 1. The van der Waals surface area contributed by atoms with Crippen LogP contribution in [0.15, 0.2) is 61.3 Å². The van der Waals surface area contributed by atoms with Gasteiger partial charge in [0.25, 0.3) is 0 Å². The molecule has 1 aliphatic carbocycles. The number of methoxy groups -OCH3 is 1. The minimum absolute atomic E-state index is 0.0839. The maximum absolute atomic E-state index is 13.7. The lowest BCUT2D eigenvalue weighted by molar-refractivity contribution is 0.161. The van der Waals surface area contributed by atoms with E-state index in [1.165, 1.54) is 7.11 Å². The van der Waals surface area contributed by atoms with E-state index < -0.39 is 0 Å². The first-order valence-electron chi connectivity index (χ1n) is 16.3. The number of aliphatic hydroxyl groups excluding tert-OH is 1. The second-order valence-electron chi connectivity index (χ2n) is 12.0. The monoisotopic (exact) mass is 649 g/mol. The Kier molecular flexibility index (Phi) is 10.5. The number of carbonyl (C=O) groups excluding carboxylic acids is 1. The van der Waals surface area contributed by atoms with E-state index in [4.69, 9.17) is 9.72 Å². The molecule has 48 heavy (non-hydrogen) atoms. The lowest BCUT2D eigenvalue weighted by Crippen LogP contribution is -2.49. The Morgan fingerprint density at radius 3 is 2.35 bits per heavy atom. The van der Waals surface area contributed by atoms with E-state index in [1.54, 1.807) is 35.9 Å². The van der Waals surface area contributed by atoms with Crippen LogP contribution in [-0.4, -0.2) is 79.4 Å². The molecule has 2 fully saturated rings. The van der Waals surface area contributed by atoms with Crippen molar-refractivity contribution in [1.82, 2.24) is 35.2 Å². The second-order valence-corrected chi connectivity index (χ2v) is 12.0. The Morgan fingerprint density at radius 1 is 0.958 bits per heavy atom. The van der Waals surface area contributed by atoms with E-state index in [2.05, 4.69) is 46.5 Å². The number of carbonyl (C=O) groups is 1. The number of benzene rings is 1. The summed E-state index contributed by atoms with van der Waals surface area (Å²) < 4.78 is 5.05. The third-order valence-electron chi connectivity index (χ3n) is 8.78.